The zero-order valence-corrected chi connectivity index (χ0v) is 21.9. The molecule has 1 amide bonds. The summed E-state index contributed by atoms with van der Waals surface area (Å²) in [6, 6.07) is 19.6. The first-order valence-corrected chi connectivity index (χ1v) is 11.0. The standard InChI is InChI=1S/C26H24N6O.3ClH/c27-15-20-5-7-21(8-6-20)17-32-19-28-16-23(32)18-30-11-13-31(14-12-30)26(33)25-24-4-2-1-3-22(24)9-10-29-25;;;/h1-10,16,19H,11-14,17-18H2;3*1H. The van der Waals surface area contributed by atoms with Gasteiger partial charge in [0.25, 0.3) is 5.91 Å². The van der Waals surface area contributed by atoms with Crippen molar-refractivity contribution >= 4 is 53.9 Å². The van der Waals surface area contributed by atoms with Gasteiger partial charge in [0.1, 0.15) is 5.69 Å². The molecular formula is C26H27Cl3N6O. The van der Waals surface area contributed by atoms with Crippen LogP contribution in [0, 0.1) is 11.3 Å². The molecule has 1 fully saturated rings. The molecule has 3 heterocycles. The molecule has 0 bridgehead atoms. The number of carbonyl (C=O) groups is 1. The van der Waals surface area contributed by atoms with E-state index in [9.17, 15) is 4.79 Å². The maximum Gasteiger partial charge on any atom is 0.273 e. The first-order chi connectivity index (χ1) is 16.2. The number of amides is 1. The number of halogens is 3. The molecule has 0 N–H and O–H groups in total. The Hall–Kier alpha value is -3.15. The van der Waals surface area contributed by atoms with E-state index < -0.39 is 0 Å². The maximum atomic E-state index is 13.2. The molecular weight excluding hydrogens is 519 g/mol. The van der Waals surface area contributed by atoms with Crippen LogP contribution >= 0.6 is 37.2 Å². The van der Waals surface area contributed by atoms with E-state index in [1.165, 1.54) is 0 Å². The fourth-order valence-electron chi connectivity index (χ4n) is 4.28. The third kappa shape index (κ3) is 6.34. The zero-order chi connectivity index (χ0) is 22.6. The highest BCUT2D eigenvalue weighted by Crippen LogP contribution is 2.19. The minimum Gasteiger partial charge on any atom is -0.335 e. The van der Waals surface area contributed by atoms with Crippen LogP contribution in [0.3, 0.4) is 0 Å². The molecule has 5 rings (SSSR count). The second-order valence-corrected chi connectivity index (χ2v) is 8.27. The topological polar surface area (TPSA) is 78.0 Å². The highest BCUT2D eigenvalue weighted by Gasteiger charge is 2.24. The van der Waals surface area contributed by atoms with Crippen LogP contribution in [-0.2, 0) is 13.1 Å². The van der Waals surface area contributed by atoms with Crippen LogP contribution in [0.15, 0.2) is 73.3 Å². The smallest absolute Gasteiger partial charge is 0.273 e. The van der Waals surface area contributed by atoms with Crippen molar-refractivity contribution in [3.8, 4) is 6.07 Å². The van der Waals surface area contributed by atoms with Gasteiger partial charge in [-0.05, 0) is 29.1 Å². The lowest BCUT2D eigenvalue weighted by Crippen LogP contribution is -2.48. The molecule has 1 saturated heterocycles. The molecule has 188 valence electrons. The predicted molar refractivity (Wildman–Crippen MR) is 147 cm³/mol. The Bertz CT molecular complexity index is 1320. The van der Waals surface area contributed by atoms with E-state index in [1.54, 1.807) is 6.20 Å². The summed E-state index contributed by atoms with van der Waals surface area (Å²) < 4.78 is 2.14. The number of benzene rings is 2. The number of hydrogen-bond acceptors (Lipinski definition) is 5. The number of hydrogen-bond donors (Lipinski definition) is 0. The Morgan fingerprint density at radius 2 is 1.64 bits per heavy atom. The number of pyridine rings is 1. The van der Waals surface area contributed by atoms with Crippen LogP contribution in [0.5, 0.6) is 0 Å². The third-order valence-electron chi connectivity index (χ3n) is 6.16. The van der Waals surface area contributed by atoms with E-state index >= 15 is 0 Å². The Morgan fingerprint density at radius 3 is 2.36 bits per heavy atom. The summed E-state index contributed by atoms with van der Waals surface area (Å²) in [5, 5.41) is 10.9. The number of fused-ring (bicyclic) bond motifs is 1. The summed E-state index contributed by atoms with van der Waals surface area (Å²) in [6.07, 6.45) is 5.46. The summed E-state index contributed by atoms with van der Waals surface area (Å²) in [5.74, 6) is -0.00249. The molecule has 1 aliphatic heterocycles. The Labute approximate surface area is 229 Å². The van der Waals surface area contributed by atoms with Gasteiger partial charge < -0.3 is 9.47 Å². The fraction of sp³-hybridized carbons (Fsp3) is 0.231. The van der Waals surface area contributed by atoms with Crippen LogP contribution in [0.2, 0.25) is 0 Å². The van der Waals surface area contributed by atoms with Gasteiger partial charge in [-0.15, -0.1) is 37.2 Å². The van der Waals surface area contributed by atoms with Gasteiger partial charge in [-0.2, -0.15) is 5.26 Å². The number of aromatic nitrogens is 3. The largest absolute Gasteiger partial charge is 0.335 e. The van der Waals surface area contributed by atoms with E-state index in [2.05, 4.69) is 25.5 Å². The van der Waals surface area contributed by atoms with Crippen molar-refractivity contribution in [2.75, 3.05) is 26.2 Å². The van der Waals surface area contributed by atoms with Crippen molar-refractivity contribution in [3.05, 3.63) is 95.8 Å². The zero-order valence-electron chi connectivity index (χ0n) is 19.5. The van der Waals surface area contributed by atoms with Crippen molar-refractivity contribution in [3.63, 3.8) is 0 Å². The van der Waals surface area contributed by atoms with Gasteiger partial charge in [-0.25, -0.2) is 4.98 Å². The predicted octanol–water partition coefficient (Wildman–Crippen LogP) is 4.57. The monoisotopic (exact) mass is 544 g/mol. The Balaban J connectivity index is 0.00000152. The molecule has 2 aromatic heterocycles. The van der Waals surface area contributed by atoms with Gasteiger partial charge in [-0.3, -0.25) is 14.7 Å². The minimum atomic E-state index is -0.00249. The lowest BCUT2D eigenvalue weighted by Gasteiger charge is -2.34. The van der Waals surface area contributed by atoms with E-state index in [0.717, 1.165) is 41.7 Å². The normalized spacial score (nSPS) is 13.1. The van der Waals surface area contributed by atoms with Crippen molar-refractivity contribution in [1.29, 1.82) is 5.26 Å². The summed E-state index contributed by atoms with van der Waals surface area (Å²) >= 11 is 0. The number of nitriles is 1. The van der Waals surface area contributed by atoms with Gasteiger partial charge in [0.2, 0.25) is 0 Å². The Morgan fingerprint density at radius 1 is 0.917 bits per heavy atom. The average Bonchev–Trinajstić information content (AvgIpc) is 3.30. The molecule has 7 nitrogen and oxygen atoms in total. The van der Waals surface area contributed by atoms with Crippen molar-refractivity contribution < 1.29 is 4.79 Å². The fourth-order valence-corrected chi connectivity index (χ4v) is 4.28. The molecule has 0 aliphatic carbocycles. The molecule has 36 heavy (non-hydrogen) atoms. The minimum absolute atomic E-state index is 0. The molecule has 0 atom stereocenters. The molecule has 0 spiro atoms. The van der Waals surface area contributed by atoms with E-state index in [4.69, 9.17) is 5.26 Å². The van der Waals surface area contributed by atoms with Crippen LogP contribution in [0.1, 0.15) is 27.3 Å². The third-order valence-corrected chi connectivity index (χ3v) is 6.16. The second-order valence-electron chi connectivity index (χ2n) is 8.27. The van der Waals surface area contributed by atoms with Gasteiger partial charge in [0, 0.05) is 57.0 Å². The lowest BCUT2D eigenvalue weighted by atomic mass is 10.1. The number of nitrogens with zero attached hydrogens (tertiary/aromatic N) is 6. The molecule has 2 aromatic carbocycles. The van der Waals surface area contributed by atoms with Crippen molar-refractivity contribution in [2.24, 2.45) is 0 Å². The van der Waals surface area contributed by atoms with E-state index in [-0.39, 0.29) is 43.1 Å². The van der Waals surface area contributed by atoms with E-state index in [0.29, 0.717) is 30.9 Å². The van der Waals surface area contributed by atoms with Crippen LogP contribution in [0.25, 0.3) is 10.8 Å². The number of imidazole rings is 1. The van der Waals surface area contributed by atoms with Crippen LogP contribution in [0.4, 0.5) is 0 Å². The molecule has 1 aliphatic rings. The molecule has 4 aromatic rings. The van der Waals surface area contributed by atoms with E-state index in [1.807, 2.05) is 72.0 Å². The van der Waals surface area contributed by atoms with Crippen LogP contribution in [-0.4, -0.2) is 56.4 Å². The van der Waals surface area contributed by atoms with Crippen molar-refractivity contribution in [2.45, 2.75) is 13.1 Å². The number of piperazine rings is 1. The maximum absolute atomic E-state index is 13.2. The van der Waals surface area contributed by atoms with Crippen molar-refractivity contribution in [1.82, 2.24) is 24.3 Å². The number of carbonyl (C=O) groups excluding carboxylic acids is 1. The van der Waals surface area contributed by atoms with Gasteiger partial charge in [-0.1, -0.05) is 36.4 Å². The average molecular weight is 546 g/mol. The summed E-state index contributed by atoms with van der Waals surface area (Å²) in [4.78, 5) is 26.1. The lowest BCUT2D eigenvalue weighted by molar-refractivity contribution is 0.0622. The first kappa shape index (κ1) is 29.1. The summed E-state index contributed by atoms with van der Waals surface area (Å²) in [5.41, 5.74) is 3.46. The van der Waals surface area contributed by atoms with Crippen LogP contribution < -0.4 is 0 Å². The quantitative estimate of drug-likeness (QED) is 0.367. The van der Waals surface area contributed by atoms with Gasteiger partial charge >= 0.3 is 0 Å². The highest BCUT2D eigenvalue weighted by atomic mass is 35.5. The second kappa shape index (κ2) is 13.2. The first-order valence-electron chi connectivity index (χ1n) is 11.0. The molecule has 0 unspecified atom stereocenters. The molecule has 10 heteroatoms. The number of rotatable bonds is 5. The SMILES string of the molecule is Cl.Cl.Cl.N#Cc1ccc(Cn2cncc2CN2CCN(C(=O)c3nccc4ccccc34)CC2)cc1. The summed E-state index contributed by atoms with van der Waals surface area (Å²) in [7, 11) is 0. The molecule has 0 saturated carbocycles. The van der Waals surface area contributed by atoms with Gasteiger partial charge in [0.05, 0.1) is 23.7 Å². The van der Waals surface area contributed by atoms with Gasteiger partial charge in [0.15, 0.2) is 0 Å². The Kier molecular flexibility index (Phi) is 10.7. The molecule has 0 radical (unpaired) electrons. The summed E-state index contributed by atoms with van der Waals surface area (Å²) in [6.45, 7) is 4.45. The highest BCUT2D eigenvalue weighted by molar-refractivity contribution is 6.05.